The Morgan fingerprint density at radius 2 is 0.750 bits per heavy atom. The number of aliphatic hydroxyl groups is 2. The lowest BCUT2D eigenvalue weighted by Crippen LogP contribution is -2.35. The number of hydrogen-bond donors (Lipinski definition) is 2. The van der Waals surface area contributed by atoms with Crippen molar-refractivity contribution in [2.75, 3.05) is 26.8 Å². The molecule has 0 spiro atoms. The zero-order chi connectivity index (χ0) is 28.9. The van der Waals surface area contributed by atoms with Gasteiger partial charge in [0.2, 0.25) is 0 Å². The Hall–Kier alpha value is -0.160. The number of hydrogen-bond acceptors (Lipinski definition) is 4. The number of ether oxygens (including phenoxy) is 2. The molecule has 0 amide bonds. The van der Waals surface area contributed by atoms with Crippen molar-refractivity contribution in [3.63, 3.8) is 0 Å². The summed E-state index contributed by atoms with van der Waals surface area (Å²) in [6.07, 6.45) is 35.9. The number of aliphatic hydroxyl groups excluding tert-OH is 2. The summed E-state index contributed by atoms with van der Waals surface area (Å²) in [6, 6.07) is 0. The minimum Gasteiger partial charge on any atom is -0.371 e. The average Bonchev–Trinajstić information content (AvgIpc) is 2.97. The lowest BCUT2D eigenvalue weighted by molar-refractivity contribution is -0.00320. The highest BCUT2D eigenvalue weighted by Gasteiger charge is 2.37. The molecule has 40 heavy (non-hydrogen) atoms. The van der Waals surface area contributed by atoms with E-state index in [1.807, 2.05) is 0 Å². The van der Waals surface area contributed by atoms with Crippen molar-refractivity contribution in [3.05, 3.63) is 0 Å². The summed E-state index contributed by atoms with van der Waals surface area (Å²) >= 11 is 0. The number of unbranched alkanes of at least 4 members (excludes halogenated alkanes) is 16. The molecule has 4 atom stereocenters. The molecule has 0 aliphatic heterocycles. The fourth-order valence-corrected chi connectivity index (χ4v) is 7.55. The standard InChI is InChI=1S/C36H72O4/c1-3-5-7-9-13-19-25-35-33(23-17-8-6-4-2)27-28-34(24-18-12-10-15-21-29-39-31-37)36(35)26-20-14-11-16-22-30-40-32-38/h33-38H,3-32H2,1-2H3. The summed E-state index contributed by atoms with van der Waals surface area (Å²) in [5, 5.41) is 17.6. The third-order valence-corrected chi connectivity index (χ3v) is 9.86. The molecule has 4 unspecified atom stereocenters. The molecule has 0 saturated heterocycles. The zero-order valence-electron chi connectivity index (χ0n) is 27.2. The Bertz CT molecular complexity index is 499. The highest BCUT2D eigenvalue weighted by Crippen LogP contribution is 2.47. The zero-order valence-corrected chi connectivity index (χ0v) is 27.2. The maximum atomic E-state index is 8.82. The minimum atomic E-state index is -0.138. The summed E-state index contributed by atoms with van der Waals surface area (Å²) in [4.78, 5) is 0. The van der Waals surface area contributed by atoms with E-state index in [-0.39, 0.29) is 13.6 Å². The second-order valence-electron chi connectivity index (χ2n) is 13.0. The largest absolute Gasteiger partial charge is 0.371 e. The summed E-state index contributed by atoms with van der Waals surface area (Å²) < 4.78 is 10.2. The molecule has 240 valence electrons. The molecule has 1 fully saturated rings. The van der Waals surface area contributed by atoms with Crippen LogP contribution in [0.2, 0.25) is 0 Å². The third kappa shape index (κ3) is 19.9. The molecule has 0 aromatic rings. The molecule has 0 aromatic carbocycles. The lowest BCUT2D eigenvalue weighted by atomic mass is 9.61. The molecular formula is C36H72O4. The second-order valence-corrected chi connectivity index (χ2v) is 13.0. The first-order valence-corrected chi connectivity index (χ1v) is 18.2. The van der Waals surface area contributed by atoms with Crippen LogP contribution < -0.4 is 0 Å². The molecule has 0 bridgehead atoms. The fourth-order valence-electron chi connectivity index (χ4n) is 7.55. The van der Waals surface area contributed by atoms with Crippen LogP contribution in [-0.4, -0.2) is 37.0 Å². The smallest absolute Gasteiger partial charge is 0.143 e. The van der Waals surface area contributed by atoms with Gasteiger partial charge in [0.15, 0.2) is 0 Å². The van der Waals surface area contributed by atoms with Crippen molar-refractivity contribution in [2.24, 2.45) is 23.7 Å². The Balaban J connectivity index is 2.67. The SMILES string of the molecule is CCCCCCCCC1C(CCCCCC)CCC(CCCCCCCOCO)C1CCCCCCCOCO. The quantitative estimate of drug-likeness (QED) is 0.0668. The van der Waals surface area contributed by atoms with Gasteiger partial charge in [-0.2, -0.15) is 0 Å². The van der Waals surface area contributed by atoms with Gasteiger partial charge in [-0.3, -0.25) is 0 Å². The van der Waals surface area contributed by atoms with Crippen LogP contribution in [0.3, 0.4) is 0 Å². The van der Waals surface area contributed by atoms with Crippen LogP contribution in [0, 0.1) is 23.7 Å². The molecule has 1 saturated carbocycles. The van der Waals surface area contributed by atoms with Crippen LogP contribution in [0.1, 0.15) is 181 Å². The van der Waals surface area contributed by atoms with E-state index in [1.54, 1.807) is 0 Å². The van der Waals surface area contributed by atoms with Crippen molar-refractivity contribution in [2.45, 2.75) is 181 Å². The first kappa shape index (κ1) is 37.9. The monoisotopic (exact) mass is 569 g/mol. The van der Waals surface area contributed by atoms with Crippen molar-refractivity contribution < 1.29 is 19.7 Å². The summed E-state index contributed by atoms with van der Waals surface area (Å²) in [7, 11) is 0. The molecule has 0 aromatic heterocycles. The van der Waals surface area contributed by atoms with Crippen LogP contribution in [0.25, 0.3) is 0 Å². The van der Waals surface area contributed by atoms with Crippen molar-refractivity contribution in [1.82, 2.24) is 0 Å². The van der Waals surface area contributed by atoms with E-state index < -0.39 is 0 Å². The van der Waals surface area contributed by atoms with E-state index in [0.717, 1.165) is 36.5 Å². The van der Waals surface area contributed by atoms with Gasteiger partial charge in [0.1, 0.15) is 13.6 Å². The molecule has 2 N–H and O–H groups in total. The molecular weight excluding hydrogens is 496 g/mol. The van der Waals surface area contributed by atoms with Gasteiger partial charge in [-0.05, 0) is 62.2 Å². The topological polar surface area (TPSA) is 58.9 Å². The molecule has 4 nitrogen and oxygen atoms in total. The highest BCUT2D eigenvalue weighted by atomic mass is 16.6. The predicted molar refractivity (Wildman–Crippen MR) is 171 cm³/mol. The van der Waals surface area contributed by atoms with Gasteiger partial charge in [-0.25, -0.2) is 0 Å². The van der Waals surface area contributed by atoms with Crippen LogP contribution in [0.4, 0.5) is 0 Å². The molecule has 1 aliphatic carbocycles. The molecule has 1 aliphatic rings. The first-order valence-electron chi connectivity index (χ1n) is 18.2. The molecule has 4 heteroatoms. The van der Waals surface area contributed by atoms with E-state index in [9.17, 15) is 0 Å². The van der Waals surface area contributed by atoms with Gasteiger partial charge in [0, 0.05) is 13.2 Å². The predicted octanol–water partition coefficient (Wildman–Crippen LogP) is 10.6. The normalized spacial score (nSPS) is 21.3. The Labute approximate surface area is 250 Å². The van der Waals surface area contributed by atoms with E-state index in [4.69, 9.17) is 19.7 Å². The van der Waals surface area contributed by atoms with Crippen LogP contribution in [-0.2, 0) is 9.47 Å². The van der Waals surface area contributed by atoms with Crippen molar-refractivity contribution in [3.8, 4) is 0 Å². The first-order chi connectivity index (χ1) is 19.8. The van der Waals surface area contributed by atoms with E-state index in [1.165, 1.54) is 154 Å². The number of rotatable bonds is 30. The Kier molecular flexibility index (Phi) is 27.4. The van der Waals surface area contributed by atoms with Crippen LogP contribution in [0.5, 0.6) is 0 Å². The summed E-state index contributed by atoms with van der Waals surface area (Å²) in [6.45, 7) is 5.79. The highest BCUT2D eigenvalue weighted by molar-refractivity contribution is 4.88. The lowest BCUT2D eigenvalue weighted by Gasteiger charge is -2.44. The molecule has 1 rings (SSSR count). The molecule has 0 heterocycles. The maximum Gasteiger partial charge on any atom is 0.143 e. The van der Waals surface area contributed by atoms with E-state index >= 15 is 0 Å². The van der Waals surface area contributed by atoms with Crippen molar-refractivity contribution >= 4 is 0 Å². The van der Waals surface area contributed by atoms with Crippen molar-refractivity contribution in [1.29, 1.82) is 0 Å². The van der Waals surface area contributed by atoms with Gasteiger partial charge in [-0.15, -0.1) is 0 Å². The van der Waals surface area contributed by atoms with Crippen LogP contribution in [0.15, 0.2) is 0 Å². The van der Waals surface area contributed by atoms with E-state index in [0.29, 0.717) is 13.2 Å². The molecule has 0 radical (unpaired) electrons. The van der Waals surface area contributed by atoms with Gasteiger partial charge in [-0.1, -0.05) is 142 Å². The van der Waals surface area contributed by atoms with Gasteiger partial charge < -0.3 is 19.7 Å². The maximum absolute atomic E-state index is 8.82. The Morgan fingerprint density at radius 3 is 1.15 bits per heavy atom. The fraction of sp³-hybridized carbons (Fsp3) is 1.00. The van der Waals surface area contributed by atoms with Gasteiger partial charge in [0.05, 0.1) is 0 Å². The summed E-state index contributed by atoms with van der Waals surface area (Å²) in [5.74, 6) is 3.86. The second kappa shape index (κ2) is 28.9. The Morgan fingerprint density at radius 1 is 0.425 bits per heavy atom. The van der Waals surface area contributed by atoms with Crippen LogP contribution >= 0.6 is 0 Å². The van der Waals surface area contributed by atoms with Gasteiger partial charge >= 0.3 is 0 Å². The minimum absolute atomic E-state index is 0.138. The van der Waals surface area contributed by atoms with E-state index in [2.05, 4.69) is 13.8 Å². The summed E-state index contributed by atoms with van der Waals surface area (Å²) in [5.41, 5.74) is 0. The average molecular weight is 569 g/mol. The third-order valence-electron chi connectivity index (χ3n) is 9.86. The van der Waals surface area contributed by atoms with Gasteiger partial charge in [0.25, 0.3) is 0 Å².